The van der Waals surface area contributed by atoms with Crippen molar-refractivity contribution in [1.29, 1.82) is 0 Å². The second-order valence-electron chi connectivity index (χ2n) is 7.93. The van der Waals surface area contributed by atoms with Crippen LogP contribution in [0.25, 0.3) is 0 Å². The van der Waals surface area contributed by atoms with E-state index in [0.717, 1.165) is 17.8 Å². The van der Waals surface area contributed by atoms with Crippen LogP contribution in [0.2, 0.25) is 0 Å². The highest BCUT2D eigenvalue weighted by Crippen LogP contribution is 2.16. The Morgan fingerprint density at radius 2 is 1.68 bits per heavy atom. The molecule has 3 rings (SSSR count). The summed E-state index contributed by atoms with van der Waals surface area (Å²) in [5.41, 5.74) is 6.95. The highest BCUT2D eigenvalue weighted by atomic mass is 16.6. The summed E-state index contributed by atoms with van der Waals surface area (Å²) >= 11 is 0. The summed E-state index contributed by atoms with van der Waals surface area (Å²) in [6.07, 6.45) is 1.46. The first kappa shape index (κ1) is 22.1. The Morgan fingerprint density at radius 1 is 1.03 bits per heavy atom. The summed E-state index contributed by atoms with van der Waals surface area (Å²) in [7, 11) is 0. The van der Waals surface area contributed by atoms with Crippen LogP contribution in [0.3, 0.4) is 0 Å². The first-order chi connectivity index (χ1) is 14.7. The van der Waals surface area contributed by atoms with Crippen LogP contribution >= 0.6 is 0 Å². The van der Waals surface area contributed by atoms with Gasteiger partial charge in [-0.1, -0.05) is 42.5 Å². The summed E-state index contributed by atoms with van der Waals surface area (Å²) < 4.78 is 1.94. The third-order valence-electron chi connectivity index (χ3n) is 4.86. The van der Waals surface area contributed by atoms with Gasteiger partial charge in [-0.3, -0.25) is 14.9 Å². The first-order valence-corrected chi connectivity index (χ1v) is 9.99. The van der Waals surface area contributed by atoms with Gasteiger partial charge in [0.15, 0.2) is 5.82 Å². The number of non-ortho nitro benzene ring substituents is 1. The molecule has 0 radical (unpaired) electrons. The zero-order valence-corrected chi connectivity index (χ0v) is 17.6. The minimum Gasteiger partial charge on any atom is -0.347 e. The van der Waals surface area contributed by atoms with Crippen LogP contribution in [0.5, 0.6) is 0 Å². The Labute approximate surface area is 180 Å². The van der Waals surface area contributed by atoms with Crippen LogP contribution in [-0.2, 0) is 30.7 Å². The highest BCUT2D eigenvalue weighted by molar-refractivity contribution is 5.84. The van der Waals surface area contributed by atoms with Crippen molar-refractivity contribution >= 4 is 11.6 Å². The van der Waals surface area contributed by atoms with Gasteiger partial charge >= 0.3 is 0 Å². The number of rotatable bonds is 9. The second-order valence-corrected chi connectivity index (χ2v) is 7.93. The largest absolute Gasteiger partial charge is 0.347 e. The van der Waals surface area contributed by atoms with Gasteiger partial charge in [0.25, 0.3) is 5.69 Å². The number of hydrogen-bond acceptors (Lipinski definition) is 6. The van der Waals surface area contributed by atoms with Gasteiger partial charge in [-0.05, 0) is 31.4 Å². The molecule has 3 N–H and O–H groups in total. The monoisotopic (exact) mass is 422 g/mol. The molecule has 0 fully saturated rings. The normalized spacial score (nSPS) is 11.3. The number of nitrogens with two attached hydrogens (primary N) is 1. The topological polar surface area (TPSA) is 129 Å². The molecule has 1 amide bonds. The molecule has 162 valence electrons. The molecule has 1 heterocycles. The molecule has 0 aliphatic rings. The van der Waals surface area contributed by atoms with Gasteiger partial charge in [-0.15, -0.1) is 10.2 Å². The Bertz CT molecular complexity index is 1040. The van der Waals surface area contributed by atoms with Crippen LogP contribution in [-0.4, -0.2) is 31.1 Å². The maximum Gasteiger partial charge on any atom is 0.269 e. The lowest BCUT2D eigenvalue weighted by Gasteiger charge is -2.18. The van der Waals surface area contributed by atoms with Crippen LogP contribution in [0, 0.1) is 10.1 Å². The molecule has 0 atom stereocenters. The maximum atomic E-state index is 12.2. The van der Waals surface area contributed by atoms with E-state index in [2.05, 4.69) is 27.6 Å². The minimum atomic E-state index is -1.00. The van der Waals surface area contributed by atoms with E-state index in [9.17, 15) is 14.9 Å². The molecule has 1 aromatic heterocycles. The standard InChI is InChI=1S/C22H26N6O3/c1-22(2,23)21(29)24-14-20-26-25-19(13-10-16-6-4-3-5-7-16)27(20)15-17-8-11-18(12-9-17)28(30)31/h3-9,11-12H,10,13-15,23H2,1-2H3,(H,24,29). The van der Waals surface area contributed by atoms with Crippen molar-refractivity contribution in [3.63, 3.8) is 0 Å². The van der Waals surface area contributed by atoms with E-state index in [4.69, 9.17) is 5.73 Å². The number of benzene rings is 2. The van der Waals surface area contributed by atoms with Gasteiger partial charge in [0.1, 0.15) is 5.82 Å². The van der Waals surface area contributed by atoms with Gasteiger partial charge < -0.3 is 15.6 Å². The van der Waals surface area contributed by atoms with E-state index < -0.39 is 10.5 Å². The SMILES string of the molecule is CC(C)(N)C(=O)NCc1nnc(CCc2ccccc2)n1Cc1ccc([N+](=O)[O-])cc1. The van der Waals surface area contributed by atoms with Crippen LogP contribution in [0.4, 0.5) is 5.69 Å². The zero-order valence-electron chi connectivity index (χ0n) is 17.6. The van der Waals surface area contributed by atoms with E-state index in [0.29, 0.717) is 18.8 Å². The summed E-state index contributed by atoms with van der Waals surface area (Å²) in [5.74, 6) is 1.08. The number of aromatic nitrogens is 3. The predicted molar refractivity (Wildman–Crippen MR) is 116 cm³/mol. The molecule has 2 aromatic carbocycles. The Kier molecular flexibility index (Phi) is 6.76. The van der Waals surface area contributed by atoms with Gasteiger partial charge in [0, 0.05) is 18.6 Å². The van der Waals surface area contributed by atoms with Crippen LogP contribution < -0.4 is 11.1 Å². The highest BCUT2D eigenvalue weighted by Gasteiger charge is 2.22. The zero-order chi connectivity index (χ0) is 22.4. The first-order valence-electron chi connectivity index (χ1n) is 9.99. The fourth-order valence-electron chi connectivity index (χ4n) is 3.06. The van der Waals surface area contributed by atoms with E-state index >= 15 is 0 Å². The second kappa shape index (κ2) is 9.48. The minimum absolute atomic E-state index is 0.0365. The van der Waals surface area contributed by atoms with Crippen LogP contribution in [0.1, 0.15) is 36.6 Å². The molecule has 0 bridgehead atoms. The van der Waals surface area contributed by atoms with Crippen molar-refractivity contribution in [2.45, 2.75) is 45.3 Å². The molecule has 9 heteroatoms. The number of carbonyl (C=O) groups excluding carboxylic acids is 1. The number of nitrogens with one attached hydrogen (secondary N) is 1. The quantitative estimate of drug-likeness (QED) is 0.402. The van der Waals surface area contributed by atoms with Crippen molar-refractivity contribution in [1.82, 2.24) is 20.1 Å². The van der Waals surface area contributed by atoms with Crippen molar-refractivity contribution in [2.24, 2.45) is 5.73 Å². The van der Waals surface area contributed by atoms with Crippen molar-refractivity contribution < 1.29 is 9.72 Å². The lowest BCUT2D eigenvalue weighted by Crippen LogP contribution is -2.49. The van der Waals surface area contributed by atoms with E-state index in [1.54, 1.807) is 26.0 Å². The number of amides is 1. The van der Waals surface area contributed by atoms with Gasteiger partial charge in [-0.2, -0.15) is 0 Å². The van der Waals surface area contributed by atoms with E-state index in [1.807, 2.05) is 22.8 Å². The molecule has 3 aromatic rings. The smallest absolute Gasteiger partial charge is 0.269 e. The number of nitrogens with zero attached hydrogens (tertiary/aromatic N) is 4. The number of nitro groups is 1. The number of aryl methyl sites for hydroxylation is 2. The third-order valence-corrected chi connectivity index (χ3v) is 4.86. The van der Waals surface area contributed by atoms with E-state index in [1.165, 1.54) is 17.7 Å². The average molecular weight is 422 g/mol. The Morgan fingerprint density at radius 3 is 2.29 bits per heavy atom. The number of carbonyl (C=O) groups is 1. The predicted octanol–water partition coefficient (Wildman–Crippen LogP) is 2.37. The van der Waals surface area contributed by atoms with Crippen LogP contribution in [0.15, 0.2) is 54.6 Å². The molecule has 9 nitrogen and oxygen atoms in total. The van der Waals surface area contributed by atoms with E-state index in [-0.39, 0.29) is 18.1 Å². The summed E-state index contributed by atoms with van der Waals surface area (Å²) in [5, 5.41) is 22.3. The van der Waals surface area contributed by atoms with Gasteiger partial charge in [-0.25, -0.2) is 0 Å². The molecule has 0 saturated heterocycles. The average Bonchev–Trinajstić information content (AvgIpc) is 3.12. The third kappa shape index (κ3) is 5.95. The van der Waals surface area contributed by atoms with Gasteiger partial charge in [0.2, 0.25) is 5.91 Å². The summed E-state index contributed by atoms with van der Waals surface area (Å²) in [4.78, 5) is 22.7. The molecular weight excluding hydrogens is 396 g/mol. The molecule has 0 saturated carbocycles. The molecule has 0 unspecified atom stereocenters. The number of hydrogen-bond donors (Lipinski definition) is 2. The van der Waals surface area contributed by atoms with Crippen molar-refractivity contribution in [2.75, 3.05) is 0 Å². The summed E-state index contributed by atoms with van der Waals surface area (Å²) in [6.45, 7) is 3.89. The number of nitro benzene ring substituents is 1. The maximum absolute atomic E-state index is 12.2. The lowest BCUT2D eigenvalue weighted by atomic mass is 10.1. The Balaban J connectivity index is 1.81. The summed E-state index contributed by atoms with van der Waals surface area (Å²) in [6, 6.07) is 16.4. The van der Waals surface area contributed by atoms with Crippen molar-refractivity contribution in [3.8, 4) is 0 Å². The molecule has 0 spiro atoms. The fraction of sp³-hybridized carbons (Fsp3) is 0.318. The van der Waals surface area contributed by atoms with Gasteiger partial charge in [0.05, 0.1) is 23.6 Å². The Hall–Kier alpha value is -3.59. The fourth-order valence-corrected chi connectivity index (χ4v) is 3.06. The van der Waals surface area contributed by atoms with Crippen molar-refractivity contribution in [3.05, 3.63) is 87.5 Å². The molecule has 0 aliphatic heterocycles. The molecule has 0 aliphatic carbocycles. The molecule has 31 heavy (non-hydrogen) atoms. The molecular formula is C22H26N6O3. The lowest BCUT2D eigenvalue weighted by molar-refractivity contribution is -0.384.